The van der Waals surface area contributed by atoms with Gasteiger partial charge < -0.3 is 0 Å². The van der Waals surface area contributed by atoms with E-state index in [0.717, 1.165) is 15.5 Å². The van der Waals surface area contributed by atoms with Gasteiger partial charge in [-0.2, -0.15) is 0 Å². The number of amides is 3. The quantitative estimate of drug-likeness (QED) is 0.704. The molecule has 0 bridgehead atoms. The van der Waals surface area contributed by atoms with Crippen LogP contribution in [0.1, 0.15) is 41.6 Å². The summed E-state index contributed by atoms with van der Waals surface area (Å²) in [5.74, 6) is -1.01. The van der Waals surface area contributed by atoms with Crippen molar-refractivity contribution in [2.45, 2.75) is 13.8 Å². The second-order valence-electron chi connectivity index (χ2n) is 6.15. The summed E-state index contributed by atoms with van der Waals surface area (Å²) in [5, 5.41) is 3.30. The zero-order valence-electron chi connectivity index (χ0n) is 14.6. The number of nitrogens with one attached hydrogen (secondary N) is 1. The molecule has 0 fully saturated rings. The van der Waals surface area contributed by atoms with Gasteiger partial charge in [0.2, 0.25) is 0 Å². The molecular weight excluding hydrogens is 362 g/mol. The zero-order valence-corrected chi connectivity index (χ0v) is 15.5. The van der Waals surface area contributed by atoms with Crippen molar-refractivity contribution in [1.82, 2.24) is 4.98 Å². The summed E-state index contributed by atoms with van der Waals surface area (Å²) < 4.78 is 0. The number of hydrogen-bond donors (Lipinski definition) is 1. The molecule has 4 rings (SSSR count). The first-order chi connectivity index (χ1) is 13.0. The lowest BCUT2D eigenvalue weighted by molar-refractivity contribution is 0.0925. The highest BCUT2D eigenvalue weighted by atomic mass is 32.1. The molecule has 3 aromatic rings. The number of carbonyl (C=O) groups excluding carboxylic acids is 3. The SMILES string of the molecule is Cc1nc(NC(=O)c2ccc(N3C(=O)c4ccccc4C3=O)cc2)sc1C. The lowest BCUT2D eigenvalue weighted by Gasteiger charge is -2.14. The average molecular weight is 377 g/mol. The number of aromatic nitrogens is 1. The monoisotopic (exact) mass is 377 g/mol. The number of aryl methyl sites for hydroxylation is 2. The molecule has 0 spiro atoms. The maximum atomic E-state index is 12.5. The number of nitrogens with zero attached hydrogens (tertiary/aromatic N) is 2. The molecule has 6 nitrogen and oxygen atoms in total. The van der Waals surface area contributed by atoms with E-state index in [-0.39, 0.29) is 17.7 Å². The molecule has 0 radical (unpaired) electrons. The zero-order chi connectivity index (χ0) is 19.1. The Bertz CT molecular complexity index is 1030. The molecule has 0 saturated heterocycles. The summed E-state index contributed by atoms with van der Waals surface area (Å²) in [6.07, 6.45) is 0. The van der Waals surface area contributed by atoms with E-state index >= 15 is 0 Å². The molecule has 7 heteroatoms. The Kier molecular flexibility index (Phi) is 4.08. The number of fused-ring (bicyclic) bond motifs is 1. The second kappa shape index (κ2) is 6.44. The predicted octanol–water partition coefficient (Wildman–Crippen LogP) is 3.81. The molecule has 0 atom stereocenters. The topological polar surface area (TPSA) is 79.4 Å². The molecule has 3 amide bonds. The van der Waals surface area contributed by atoms with E-state index < -0.39 is 0 Å². The molecule has 0 saturated carbocycles. The van der Waals surface area contributed by atoms with Gasteiger partial charge in [-0.05, 0) is 50.2 Å². The van der Waals surface area contributed by atoms with E-state index in [2.05, 4.69) is 10.3 Å². The van der Waals surface area contributed by atoms with Crippen molar-refractivity contribution in [2.75, 3.05) is 10.2 Å². The third kappa shape index (κ3) is 2.92. The van der Waals surface area contributed by atoms with Crippen LogP contribution in [0.5, 0.6) is 0 Å². The number of carbonyl (C=O) groups is 3. The maximum absolute atomic E-state index is 12.5. The largest absolute Gasteiger partial charge is 0.298 e. The normalized spacial score (nSPS) is 13.0. The van der Waals surface area contributed by atoms with Gasteiger partial charge in [0.1, 0.15) is 0 Å². The standard InChI is InChI=1S/C20H15N3O3S/c1-11-12(2)27-20(21-11)22-17(24)13-7-9-14(10-8-13)23-18(25)15-5-3-4-6-16(15)19(23)26/h3-10H,1-2H3,(H,21,22,24). The summed E-state index contributed by atoms with van der Waals surface area (Å²) in [5.41, 5.74) is 2.51. The van der Waals surface area contributed by atoms with Crippen LogP contribution in [0.2, 0.25) is 0 Å². The maximum Gasteiger partial charge on any atom is 0.266 e. The molecule has 0 aliphatic carbocycles. The van der Waals surface area contributed by atoms with E-state index in [1.54, 1.807) is 48.5 Å². The smallest absolute Gasteiger partial charge is 0.266 e. The Morgan fingerprint density at radius 3 is 2.07 bits per heavy atom. The van der Waals surface area contributed by atoms with Gasteiger partial charge in [0.25, 0.3) is 17.7 Å². The van der Waals surface area contributed by atoms with Gasteiger partial charge in [-0.3, -0.25) is 19.7 Å². The lowest BCUT2D eigenvalue weighted by atomic mass is 10.1. The molecule has 1 aliphatic rings. The third-order valence-electron chi connectivity index (χ3n) is 4.43. The highest BCUT2D eigenvalue weighted by Crippen LogP contribution is 2.28. The van der Waals surface area contributed by atoms with Crippen molar-refractivity contribution in [3.05, 3.63) is 75.8 Å². The lowest BCUT2D eigenvalue weighted by Crippen LogP contribution is -2.29. The van der Waals surface area contributed by atoms with E-state index in [0.29, 0.717) is 27.5 Å². The number of rotatable bonds is 3. The summed E-state index contributed by atoms with van der Waals surface area (Å²) in [6.45, 7) is 3.83. The molecule has 27 heavy (non-hydrogen) atoms. The van der Waals surface area contributed by atoms with Crippen LogP contribution in [0.3, 0.4) is 0 Å². The van der Waals surface area contributed by atoms with Crippen LogP contribution in [0.25, 0.3) is 0 Å². The van der Waals surface area contributed by atoms with E-state index in [4.69, 9.17) is 0 Å². The fraction of sp³-hybridized carbons (Fsp3) is 0.100. The van der Waals surface area contributed by atoms with Gasteiger partial charge in [-0.15, -0.1) is 11.3 Å². The third-order valence-corrected chi connectivity index (χ3v) is 5.42. The Labute approximate surface area is 159 Å². The summed E-state index contributed by atoms with van der Waals surface area (Å²) in [6, 6.07) is 13.1. The van der Waals surface area contributed by atoms with Crippen LogP contribution < -0.4 is 10.2 Å². The molecule has 2 aromatic carbocycles. The molecule has 1 aromatic heterocycles. The predicted molar refractivity (Wildman–Crippen MR) is 104 cm³/mol. The minimum absolute atomic E-state index is 0.294. The number of imide groups is 1. The van der Waals surface area contributed by atoms with Crippen molar-refractivity contribution in [2.24, 2.45) is 0 Å². The minimum Gasteiger partial charge on any atom is -0.298 e. The van der Waals surface area contributed by atoms with Crippen molar-refractivity contribution < 1.29 is 14.4 Å². The molecule has 134 valence electrons. The highest BCUT2D eigenvalue weighted by Gasteiger charge is 2.36. The second-order valence-corrected chi connectivity index (χ2v) is 7.36. The first kappa shape index (κ1) is 17.1. The average Bonchev–Trinajstić information content (AvgIpc) is 3.11. The number of thiazole rings is 1. The van der Waals surface area contributed by atoms with E-state index in [1.165, 1.54) is 11.3 Å². The molecular formula is C20H15N3O3S. The van der Waals surface area contributed by atoms with Crippen LogP contribution in [-0.2, 0) is 0 Å². The van der Waals surface area contributed by atoms with Crippen LogP contribution in [0.4, 0.5) is 10.8 Å². The van der Waals surface area contributed by atoms with Gasteiger partial charge in [0.05, 0.1) is 22.5 Å². The van der Waals surface area contributed by atoms with E-state index in [1.807, 2.05) is 13.8 Å². The van der Waals surface area contributed by atoms with Crippen molar-refractivity contribution >= 4 is 39.9 Å². The first-order valence-corrected chi connectivity index (χ1v) is 9.10. The molecule has 1 aliphatic heterocycles. The number of benzene rings is 2. The van der Waals surface area contributed by atoms with Crippen molar-refractivity contribution in [3.63, 3.8) is 0 Å². The Morgan fingerprint density at radius 1 is 0.963 bits per heavy atom. The molecule has 2 heterocycles. The van der Waals surface area contributed by atoms with Crippen LogP contribution >= 0.6 is 11.3 Å². The van der Waals surface area contributed by atoms with Crippen molar-refractivity contribution in [3.8, 4) is 0 Å². The van der Waals surface area contributed by atoms with E-state index in [9.17, 15) is 14.4 Å². The fourth-order valence-corrected chi connectivity index (χ4v) is 3.69. The van der Waals surface area contributed by atoms with Gasteiger partial charge >= 0.3 is 0 Å². The Balaban J connectivity index is 1.55. The number of hydrogen-bond acceptors (Lipinski definition) is 5. The van der Waals surface area contributed by atoms with Gasteiger partial charge in [0, 0.05) is 10.4 Å². The van der Waals surface area contributed by atoms with Gasteiger partial charge in [0.15, 0.2) is 5.13 Å². The summed E-state index contributed by atoms with van der Waals surface area (Å²) in [4.78, 5) is 43.9. The van der Waals surface area contributed by atoms with Gasteiger partial charge in [-0.25, -0.2) is 9.88 Å². The Hall–Kier alpha value is -3.32. The van der Waals surface area contributed by atoms with Crippen LogP contribution in [-0.4, -0.2) is 22.7 Å². The fourth-order valence-electron chi connectivity index (χ4n) is 2.88. The number of anilines is 2. The summed E-state index contributed by atoms with van der Waals surface area (Å²) in [7, 11) is 0. The van der Waals surface area contributed by atoms with Crippen LogP contribution in [0.15, 0.2) is 48.5 Å². The minimum atomic E-state index is -0.360. The summed E-state index contributed by atoms with van der Waals surface area (Å²) >= 11 is 1.41. The van der Waals surface area contributed by atoms with Crippen LogP contribution in [0, 0.1) is 13.8 Å². The van der Waals surface area contributed by atoms with Gasteiger partial charge in [-0.1, -0.05) is 12.1 Å². The molecule has 1 N–H and O–H groups in total. The Morgan fingerprint density at radius 2 is 1.56 bits per heavy atom. The first-order valence-electron chi connectivity index (χ1n) is 8.29. The molecule has 0 unspecified atom stereocenters. The van der Waals surface area contributed by atoms with Crippen molar-refractivity contribution in [1.29, 1.82) is 0 Å². The highest BCUT2D eigenvalue weighted by molar-refractivity contribution is 7.15.